The van der Waals surface area contributed by atoms with Crippen LogP contribution < -0.4 is 0 Å². The van der Waals surface area contributed by atoms with E-state index in [0.717, 1.165) is 11.3 Å². The standard InChI is InChI=1S/C8H9NO4S/c1-3-13-7(10)5-4-14-6(9-5)8(11)12-2/h4H,3H2,1-2H3. The maximum absolute atomic E-state index is 11.1. The van der Waals surface area contributed by atoms with Crippen LogP contribution in [0.5, 0.6) is 0 Å². The predicted molar refractivity (Wildman–Crippen MR) is 49.4 cm³/mol. The maximum Gasteiger partial charge on any atom is 0.367 e. The van der Waals surface area contributed by atoms with E-state index in [2.05, 4.69) is 9.72 Å². The molecule has 5 nitrogen and oxygen atoms in total. The van der Waals surface area contributed by atoms with Crippen molar-refractivity contribution in [2.75, 3.05) is 13.7 Å². The Morgan fingerprint density at radius 3 is 2.79 bits per heavy atom. The van der Waals surface area contributed by atoms with Crippen LogP contribution in [0.15, 0.2) is 5.38 Å². The third-order valence-corrected chi connectivity index (χ3v) is 2.17. The monoisotopic (exact) mass is 215 g/mol. The molecule has 76 valence electrons. The lowest BCUT2D eigenvalue weighted by molar-refractivity contribution is 0.0520. The van der Waals surface area contributed by atoms with Gasteiger partial charge in [-0.1, -0.05) is 0 Å². The number of hydrogen-bond donors (Lipinski definition) is 0. The van der Waals surface area contributed by atoms with Crippen molar-refractivity contribution in [3.05, 3.63) is 16.1 Å². The normalized spacial score (nSPS) is 9.57. The number of rotatable bonds is 3. The molecule has 0 atom stereocenters. The van der Waals surface area contributed by atoms with Gasteiger partial charge < -0.3 is 9.47 Å². The van der Waals surface area contributed by atoms with Crippen LogP contribution in [0.2, 0.25) is 0 Å². The van der Waals surface area contributed by atoms with Crippen molar-refractivity contribution in [1.29, 1.82) is 0 Å². The molecule has 0 aromatic carbocycles. The van der Waals surface area contributed by atoms with Gasteiger partial charge in [0.1, 0.15) is 0 Å². The molecule has 1 rings (SSSR count). The first-order valence-electron chi connectivity index (χ1n) is 3.90. The lowest BCUT2D eigenvalue weighted by Crippen LogP contribution is -2.06. The Labute approximate surface area is 84.7 Å². The molecule has 0 bridgehead atoms. The number of thiazole rings is 1. The predicted octanol–water partition coefficient (Wildman–Crippen LogP) is 1.11. The summed E-state index contributed by atoms with van der Waals surface area (Å²) >= 11 is 1.05. The van der Waals surface area contributed by atoms with Crippen molar-refractivity contribution in [2.45, 2.75) is 6.92 Å². The van der Waals surface area contributed by atoms with Gasteiger partial charge in [-0.25, -0.2) is 14.6 Å². The van der Waals surface area contributed by atoms with Crippen LogP contribution >= 0.6 is 11.3 Å². The Morgan fingerprint density at radius 2 is 2.21 bits per heavy atom. The SMILES string of the molecule is CCOC(=O)c1csc(C(=O)OC)n1. The number of ether oxygens (including phenoxy) is 2. The van der Waals surface area contributed by atoms with Crippen molar-refractivity contribution < 1.29 is 19.1 Å². The third-order valence-electron chi connectivity index (χ3n) is 1.35. The first-order chi connectivity index (χ1) is 6.69. The Bertz CT molecular complexity index is 347. The van der Waals surface area contributed by atoms with E-state index in [4.69, 9.17) is 4.74 Å². The molecule has 1 heterocycles. The minimum Gasteiger partial charge on any atom is -0.464 e. The molecule has 0 aliphatic rings. The lowest BCUT2D eigenvalue weighted by Gasteiger charge is -1.95. The summed E-state index contributed by atoms with van der Waals surface area (Å²) in [5.41, 5.74) is 0.136. The Kier molecular flexibility index (Phi) is 3.58. The van der Waals surface area contributed by atoms with Gasteiger partial charge in [0.25, 0.3) is 0 Å². The van der Waals surface area contributed by atoms with Gasteiger partial charge in [0.05, 0.1) is 13.7 Å². The number of aromatic nitrogens is 1. The molecular formula is C8H9NO4S. The highest BCUT2D eigenvalue weighted by molar-refractivity contribution is 7.11. The molecule has 0 amide bonds. The summed E-state index contributed by atoms with van der Waals surface area (Å²) in [5.74, 6) is -1.08. The van der Waals surface area contributed by atoms with E-state index in [1.165, 1.54) is 12.5 Å². The number of hydrogen-bond acceptors (Lipinski definition) is 6. The highest BCUT2D eigenvalue weighted by Crippen LogP contribution is 2.11. The van der Waals surface area contributed by atoms with Crippen molar-refractivity contribution in [2.24, 2.45) is 0 Å². The first-order valence-corrected chi connectivity index (χ1v) is 4.78. The second-order valence-corrected chi connectivity index (χ2v) is 3.11. The Hall–Kier alpha value is -1.43. The Balaban J connectivity index is 2.77. The van der Waals surface area contributed by atoms with Crippen molar-refractivity contribution in [3.63, 3.8) is 0 Å². The quantitative estimate of drug-likeness (QED) is 0.706. The lowest BCUT2D eigenvalue weighted by atomic mass is 10.5. The maximum atomic E-state index is 11.1. The van der Waals surface area contributed by atoms with Crippen molar-refractivity contribution >= 4 is 23.3 Å². The molecule has 6 heteroatoms. The van der Waals surface area contributed by atoms with Crippen LogP contribution in [0, 0.1) is 0 Å². The van der Waals surface area contributed by atoms with E-state index < -0.39 is 11.9 Å². The third kappa shape index (κ3) is 2.29. The molecule has 1 aromatic heterocycles. The second kappa shape index (κ2) is 4.71. The van der Waals surface area contributed by atoms with E-state index in [9.17, 15) is 9.59 Å². The second-order valence-electron chi connectivity index (χ2n) is 2.25. The van der Waals surface area contributed by atoms with Gasteiger partial charge in [0.2, 0.25) is 5.01 Å². The van der Waals surface area contributed by atoms with E-state index in [0.29, 0.717) is 0 Å². The van der Waals surface area contributed by atoms with Crippen LogP contribution in [-0.4, -0.2) is 30.6 Å². The summed E-state index contributed by atoms with van der Waals surface area (Å²) in [4.78, 5) is 25.9. The molecule has 0 spiro atoms. The number of methoxy groups -OCH3 is 1. The summed E-state index contributed by atoms with van der Waals surface area (Å²) < 4.78 is 9.15. The van der Waals surface area contributed by atoms with Gasteiger partial charge in [-0.15, -0.1) is 11.3 Å². The average molecular weight is 215 g/mol. The zero-order chi connectivity index (χ0) is 10.6. The summed E-state index contributed by atoms with van der Waals surface area (Å²) in [5, 5.41) is 1.61. The number of carbonyl (C=O) groups is 2. The van der Waals surface area contributed by atoms with Gasteiger partial charge in [-0.05, 0) is 6.92 Å². The van der Waals surface area contributed by atoms with E-state index >= 15 is 0 Å². The van der Waals surface area contributed by atoms with Gasteiger partial charge in [0.15, 0.2) is 5.69 Å². The first kappa shape index (κ1) is 10.6. The smallest absolute Gasteiger partial charge is 0.367 e. The molecule has 0 aliphatic carbocycles. The van der Waals surface area contributed by atoms with Gasteiger partial charge in [0, 0.05) is 5.38 Å². The average Bonchev–Trinajstić information content (AvgIpc) is 2.66. The van der Waals surface area contributed by atoms with Crippen LogP contribution in [-0.2, 0) is 9.47 Å². The highest BCUT2D eigenvalue weighted by atomic mass is 32.1. The molecule has 0 aliphatic heterocycles. The van der Waals surface area contributed by atoms with Crippen LogP contribution in [0.25, 0.3) is 0 Å². The van der Waals surface area contributed by atoms with Crippen molar-refractivity contribution in [1.82, 2.24) is 4.98 Å². The minimum absolute atomic E-state index is 0.136. The van der Waals surface area contributed by atoms with E-state index in [1.54, 1.807) is 6.92 Å². The van der Waals surface area contributed by atoms with Crippen LogP contribution in [0.3, 0.4) is 0 Å². The van der Waals surface area contributed by atoms with Crippen LogP contribution in [0.1, 0.15) is 27.2 Å². The summed E-state index contributed by atoms with van der Waals surface area (Å²) in [6, 6.07) is 0. The fourth-order valence-electron chi connectivity index (χ4n) is 0.754. The number of carbonyl (C=O) groups excluding carboxylic acids is 2. The summed E-state index contributed by atoms with van der Waals surface area (Å²) in [6.07, 6.45) is 0. The molecule has 14 heavy (non-hydrogen) atoms. The molecule has 0 fully saturated rings. The summed E-state index contributed by atoms with van der Waals surface area (Å²) in [6.45, 7) is 1.98. The minimum atomic E-state index is -0.550. The fourth-order valence-corrected chi connectivity index (χ4v) is 1.46. The molecular weight excluding hydrogens is 206 g/mol. The molecule has 0 unspecified atom stereocenters. The van der Waals surface area contributed by atoms with Gasteiger partial charge in [-0.3, -0.25) is 0 Å². The number of esters is 2. The largest absolute Gasteiger partial charge is 0.464 e. The van der Waals surface area contributed by atoms with E-state index in [-0.39, 0.29) is 17.3 Å². The van der Waals surface area contributed by atoms with E-state index in [1.807, 2.05) is 0 Å². The molecule has 0 saturated carbocycles. The Morgan fingerprint density at radius 1 is 1.50 bits per heavy atom. The van der Waals surface area contributed by atoms with Crippen molar-refractivity contribution in [3.8, 4) is 0 Å². The highest BCUT2D eigenvalue weighted by Gasteiger charge is 2.16. The molecule has 0 saturated heterocycles. The number of nitrogens with zero attached hydrogens (tertiary/aromatic N) is 1. The van der Waals surface area contributed by atoms with Gasteiger partial charge in [-0.2, -0.15) is 0 Å². The topological polar surface area (TPSA) is 65.5 Å². The summed E-state index contributed by atoms with van der Waals surface area (Å²) in [7, 11) is 1.26. The zero-order valence-electron chi connectivity index (χ0n) is 7.77. The molecule has 0 radical (unpaired) electrons. The molecule has 0 N–H and O–H groups in total. The zero-order valence-corrected chi connectivity index (χ0v) is 8.59. The molecule has 1 aromatic rings. The fraction of sp³-hybridized carbons (Fsp3) is 0.375. The van der Waals surface area contributed by atoms with Crippen LogP contribution in [0.4, 0.5) is 0 Å². The van der Waals surface area contributed by atoms with Gasteiger partial charge >= 0.3 is 11.9 Å².